The third kappa shape index (κ3) is 9.09. The van der Waals surface area contributed by atoms with Gasteiger partial charge in [-0.15, -0.1) is 0 Å². The number of fused-ring (bicyclic) bond motifs is 2. The summed E-state index contributed by atoms with van der Waals surface area (Å²) in [5.41, 5.74) is 5.71. The number of esters is 2. The monoisotopic (exact) mass is 864 g/mol. The van der Waals surface area contributed by atoms with E-state index >= 15 is 0 Å². The number of halogens is 2. The molecular weight excluding hydrogens is 816 g/mol. The Hall–Kier alpha value is -3.58. The van der Waals surface area contributed by atoms with Crippen molar-refractivity contribution in [1.29, 1.82) is 0 Å². The van der Waals surface area contributed by atoms with Crippen molar-refractivity contribution in [1.82, 2.24) is 20.1 Å². The fourth-order valence-electron chi connectivity index (χ4n) is 8.34. The molecule has 0 aliphatic heterocycles. The molecule has 54 heavy (non-hydrogen) atoms. The highest BCUT2D eigenvalue weighted by Gasteiger charge is 2.40. The average molecular weight is 867 g/mol. The third-order valence-corrected chi connectivity index (χ3v) is 11.1. The molecule has 10 nitrogen and oxygen atoms in total. The molecule has 2 aromatic heterocycles. The Balaban J connectivity index is 1.30. The second kappa shape index (κ2) is 18.8. The highest BCUT2D eigenvalue weighted by Crippen LogP contribution is 2.44. The number of hydrogen-bond donors (Lipinski definition) is 0. The predicted octanol–water partition coefficient (Wildman–Crippen LogP) is 9.82. The summed E-state index contributed by atoms with van der Waals surface area (Å²) in [6.07, 6.45) is 8.48. The summed E-state index contributed by atoms with van der Waals surface area (Å²) in [4.78, 5) is 32.5. The van der Waals surface area contributed by atoms with E-state index in [0.29, 0.717) is 20.7 Å². The summed E-state index contributed by atoms with van der Waals surface area (Å²) >= 11 is 6.83. The fourth-order valence-corrected chi connectivity index (χ4v) is 8.90. The normalized spacial score (nSPS) is 19.6. The molecule has 0 fully saturated rings. The molecule has 4 unspecified atom stereocenters. The molecule has 0 saturated heterocycles. The number of nitrogens with zero attached hydrogens (tertiary/aromatic N) is 4. The van der Waals surface area contributed by atoms with Crippen LogP contribution < -0.4 is 0 Å². The predicted molar refractivity (Wildman–Crippen MR) is 215 cm³/mol. The van der Waals surface area contributed by atoms with Crippen molar-refractivity contribution in [2.24, 2.45) is 0 Å². The molecule has 0 radical (unpaired) electrons. The van der Waals surface area contributed by atoms with Gasteiger partial charge in [-0.2, -0.15) is 0 Å². The summed E-state index contributed by atoms with van der Waals surface area (Å²) in [5.74, 6) is -0.0290. The Morgan fingerprint density at radius 3 is 1.41 bits per heavy atom. The fraction of sp³-hybridized carbons (Fsp3) is 0.476. The zero-order valence-corrected chi connectivity index (χ0v) is 34.7. The minimum atomic E-state index is -0.609. The van der Waals surface area contributed by atoms with Gasteiger partial charge in [0.15, 0.2) is 11.5 Å². The number of rotatable bonds is 16. The van der Waals surface area contributed by atoms with E-state index < -0.39 is 24.1 Å². The Kier molecular flexibility index (Phi) is 14.0. The Bertz CT molecular complexity index is 1780. The van der Waals surface area contributed by atoms with Crippen LogP contribution in [0.4, 0.5) is 0 Å². The lowest BCUT2D eigenvalue weighted by atomic mass is 9.81. The maximum Gasteiger partial charge on any atom is 0.331 e. The van der Waals surface area contributed by atoms with Crippen molar-refractivity contribution in [2.75, 3.05) is 26.2 Å². The topological polar surface area (TPSA) is 111 Å². The number of aryl methyl sites for hydroxylation is 2. The van der Waals surface area contributed by atoms with E-state index in [2.05, 4.69) is 91.8 Å². The van der Waals surface area contributed by atoms with Gasteiger partial charge in [0.2, 0.25) is 0 Å². The van der Waals surface area contributed by atoms with Crippen molar-refractivity contribution in [2.45, 2.75) is 103 Å². The van der Waals surface area contributed by atoms with Gasteiger partial charge in [0.1, 0.15) is 21.4 Å². The van der Waals surface area contributed by atoms with E-state index in [9.17, 15) is 9.59 Å². The SMILES string of the molecule is CCCN(CCC)C1CCc2cccc(-c3cc(Br)no3)c2C1OC(=O)/C=C\C(=O)OC1c2c(cccc2-c2cc(Br)no2)CCC1N(CCC)CCC. The Morgan fingerprint density at radius 2 is 1.07 bits per heavy atom. The molecule has 0 N–H and O–H groups in total. The average Bonchev–Trinajstić information content (AvgIpc) is 3.81. The third-order valence-electron chi connectivity index (χ3n) is 10.4. The second-order valence-electron chi connectivity index (χ2n) is 14.1. The first-order valence-electron chi connectivity index (χ1n) is 19.3. The smallest absolute Gasteiger partial charge is 0.331 e. The molecule has 0 spiro atoms. The summed E-state index contributed by atoms with van der Waals surface area (Å²) in [7, 11) is 0. The van der Waals surface area contributed by atoms with Gasteiger partial charge in [-0.1, -0.05) is 74.4 Å². The largest absolute Gasteiger partial charge is 0.453 e. The number of hydrogen-bond acceptors (Lipinski definition) is 10. The quantitative estimate of drug-likeness (QED) is 0.0798. The second-order valence-corrected chi connectivity index (χ2v) is 15.7. The van der Waals surface area contributed by atoms with Crippen molar-refractivity contribution in [3.8, 4) is 22.6 Å². The number of aromatic nitrogens is 2. The van der Waals surface area contributed by atoms with Crippen LogP contribution in [0, 0.1) is 0 Å². The minimum Gasteiger partial charge on any atom is -0.453 e. The first-order valence-corrected chi connectivity index (χ1v) is 20.9. The summed E-state index contributed by atoms with van der Waals surface area (Å²) in [6, 6.07) is 15.7. The lowest BCUT2D eigenvalue weighted by Gasteiger charge is -2.41. The van der Waals surface area contributed by atoms with Crippen LogP contribution in [0.25, 0.3) is 22.6 Å². The summed E-state index contributed by atoms with van der Waals surface area (Å²) < 4.78 is 25.3. The van der Waals surface area contributed by atoms with E-state index in [1.54, 1.807) is 0 Å². The molecule has 12 heteroatoms. The van der Waals surface area contributed by atoms with Gasteiger partial charge >= 0.3 is 11.9 Å². The lowest BCUT2D eigenvalue weighted by molar-refractivity contribution is -0.150. The van der Waals surface area contributed by atoms with Gasteiger partial charge in [0.05, 0.1) is 12.1 Å². The number of carbonyl (C=O) groups is 2. The van der Waals surface area contributed by atoms with Crippen LogP contribution in [0.2, 0.25) is 0 Å². The standard InChI is InChI=1S/C42H50Br2N4O6/c1-5-21-47(22-6-2)31-17-15-27-11-9-13-29(33-25-35(43)45-53-33)39(27)41(31)51-37(49)19-20-38(50)52-42-32(48(23-7-3)24-8-4)18-16-28-12-10-14-30(40(28)42)34-26-36(44)46-54-34/h9-14,19-20,25-26,31-32,41-42H,5-8,15-18,21-24H2,1-4H3/b20-19-. The first kappa shape index (κ1) is 40.1. The van der Waals surface area contributed by atoms with Gasteiger partial charge < -0.3 is 18.5 Å². The minimum absolute atomic E-state index is 0.0497. The molecule has 2 heterocycles. The van der Waals surface area contributed by atoms with Crippen LogP contribution >= 0.6 is 31.9 Å². The molecule has 0 amide bonds. The van der Waals surface area contributed by atoms with Gasteiger partial charge in [-0.3, -0.25) is 9.80 Å². The van der Waals surface area contributed by atoms with Crippen LogP contribution in [-0.2, 0) is 31.9 Å². The van der Waals surface area contributed by atoms with Crippen LogP contribution in [0.15, 0.2) is 78.9 Å². The van der Waals surface area contributed by atoms with Crippen LogP contribution in [0.3, 0.4) is 0 Å². The van der Waals surface area contributed by atoms with Gasteiger partial charge in [0, 0.05) is 46.5 Å². The van der Waals surface area contributed by atoms with Crippen LogP contribution in [-0.4, -0.2) is 70.3 Å². The summed E-state index contributed by atoms with van der Waals surface area (Å²) in [5, 5.41) is 8.12. The summed E-state index contributed by atoms with van der Waals surface area (Å²) in [6.45, 7) is 12.2. The van der Waals surface area contributed by atoms with Gasteiger partial charge in [-0.25, -0.2) is 9.59 Å². The molecule has 0 saturated carbocycles. The van der Waals surface area contributed by atoms with Crippen LogP contribution in [0.1, 0.15) is 101 Å². The van der Waals surface area contributed by atoms with Gasteiger partial charge in [-0.05, 0) is 121 Å². The molecule has 2 aliphatic carbocycles. The van der Waals surface area contributed by atoms with Gasteiger partial charge in [0.25, 0.3) is 0 Å². The molecule has 6 rings (SSSR count). The number of benzene rings is 2. The maximum atomic E-state index is 13.8. The molecular formula is C42H50Br2N4O6. The number of carbonyl (C=O) groups excluding carboxylic acids is 2. The molecule has 4 aromatic rings. The molecule has 2 aromatic carbocycles. The van der Waals surface area contributed by atoms with E-state index in [1.807, 2.05) is 36.4 Å². The van der Waals surface area contributed by atoms with Crippen molar-refractivity contribution in [3.05, 3.63) is 92.1 Å². The molecule has 288 valence electrons. The van der Waals surface area contributed by atoms with Crippen LogP contribution in [0.5, 0.6) is 0 Å². The highest BCUT2D eigenvalue weighted by atomic mass is 79.9. The molecule has 4 atom stereocenters. The number of ether oxygens (including phenoxy) is 2. The molecule has 0 bridgehead atoms. The lowest BCUT2D eigenvalue weighted by Crippen LogP contribution is -2.45. The van der Waals surface area contributed by atoms with Crippen molar-refractivity contribution in [3.63, 3.8) is 0 Å². The highest BCUT2D eigenvalue weighted by molar-refractivity contribution is 9.10. The maximum absolute atomic E-state index is 13.8. The zero-order chi connectivity index (χ0) is 38.2. The van der Waals surface area contributed by atoms with E-state index in [-0.39, 0.29) is 12.1 Å². The van der Waals surface area contributed by atoms with Crippen molar-refractivity contribution >= 4 is 43.8 Å². The first-order chi connectivity index (χ1) is 26.3. The Morgan fingerprint density at radius 1 is 0.685 bits per heavy atom. The Labute approximate surface area is 334 Å². The zero-order valence-electron chi connectivity index (χ0n) is 31.6. The molecule has 2 aliphatic rings. The van der Waals surface area contributed by atoms with E-state index in [1.165, 1.54) is 12.2 Å². The van der Waals surface area contributed by atoms with E-state index in [0.717, 1.165) is 111 Å². The van der Waals surface area contributed by atoms with Crippen molar-refractivity contribution < 1.29 is 28.1 Å². The van der Waals surface area contributed by atoms with E-state index in [4.69, 9.17) is 18.5 Å².